The van der Waals surface area contributed by atoms with Gasteiger partial charge in [-0.25, -0.2) is 0 Å². The van der Waals surface area contributed by atoms with E-state index in [-0.39, 0.29) is 11.7 Å². The van der Waals surface area contributed by atoms with E-state index in [1.54, 1.807) is 12.6 Å². The third kappa shape index (κ3) is 8.36. The maximum absolute atomic E-state index is 11.9. The van der Waals surface area contributed by atoms with Gasteiger partial charge in [-0.2, -0.15) is 0 Å². The molecule has 0 spiro atoms. The van der Waals surface area contributed by atoms with E-state index in [4.69, 9.17) is 16.9 Å². The van der Waals surface area contributed by atoms with Gasteiger partial charge in [-0.15, -0.1) is 0 Å². The number of guanidine groups is 1. The highest BCUT2D eigenvalue weighted by atomic mass is 16.1. The van der Waals surface area contributed by atoms with Crippen LogP contribution in [0.1, 0.15) is 38.5 Å². The number of Topliss-reactive ketones (excluding diaryl/α,β-unsaturated/α-hetero) is 1. The van der Waals surface area contributed by atoms with Crippen LogP contribution in [0.4, 0.5) is 0 Å². The van der Waals surface area contributed by atoms with E-state index in [1.807, 2.05) is 0 Å². The van der Waals surface area contributed by atoms with E-state index in [1.165, 1.54) is 0 Å². The zero-order valence-electron chi connectivity index (χ0n) is 11.5. The van der Waals surface area contributed by atoms with E-state index in [2.05, 4.69) is 5.32 Å². The molecule has 20 heavy (non-hydrogen) atoms. The lowest BCUT2D eigenvalue weighted by molar-refractivity contribution is -0.122. The third-order valence-electron chi connectivity index (χ3n) is 2.88. The number of hydrogen-bond donors (Lipinski definition) is 4. The van der Waals surface area contributed by atoms with E-state index < -0.39 is 12.0 Å². The van der Waals surface area contributed by atoms with Gasteiger partial charge in [0.05, 0.1) is 12.0 Å². The summed E-state index contributed by atoms with van der Waals surface area (Å²) < 4.78 is 0. The second kappa shape index (κ2) is 11.1. The molecule has 7 nitrogen and oxygen atoms in total. The molecule has 0 aliphatic carbocycles. The van der Waals surface area contributed by atoms with E-state index in [0.29, 0.717) is 45.1 Å². The molecule has 0 aliphatic heterocycles. The van der Waals surface area contributed by atoms with Crippen LogP contribution in [0.3, 0.4) is 0 Å². The highest BCUT2D eigenvalue weighted by Gasteiger charge is 2.23. The fourth-order valence-electron chi connectivity index (χ4n) is 1.75. The number of nitrogens with two attached hydrogens (primary N) is 2. The minimum atomic E-state index is -0.822. The average Bonchev–Trinajstić information content (AvgIpc) is 2.42. The van der Waals surface area contributed by atoms with E-state index in [9.17, 15) is 14.4 Å². The summed E-state index contributed by atoms with van der Waals surface area (Å²) in [5.74, 6) is -1.27. The summed E-state index contributed by atoms with van der Waals surface area (Å²) in [6.45, 7) is 0.459. The van der Waals surface area contributed by atoms with Crippen molar-refractivity contribution in [1.29, 1.82) is 5.41 Å². The Labute approximate surface area is 119 Å². The van der Waals surface area contributed by atoms with Gasteiger partial charge in [0.1, 0.15) is 0 Å². The molecule has 2 radical (unpaired) electrons. The number of rotatable bonds is 12. The Morgan fingerprint density at radius 2 is 1.90 bits per heavy atom. The predicted octanol–water partition coefficient (Wildman–Crippen LogP) is -0.458. The molecule has 0 heterocycles. The molecule has 7 heteroatoms. The molecule has 0 amide bonds. The number of carbonyl (C=O) groups excluding carboxylic acids is 3. The van der Waals surface area contributed by atoms with Gasteiger partial charge in [0.15, 0.2) is 18.0 Å². The van der Waals surface area contributed by atoms with Gasteiger partial charge in [0.25, 0.3) is 0 Å². The summed E-state index contributed by atoms with van der Waals surface area (Å²) in [7, 11) is 0. The lowest BCUT2D eigenvalue weighted by Gasteiger charge is -2.14. The first-order valence-corrected chi connectivity index (χ1v) is 6.62. The van der Waals surface area contributed by atoms with Gasteiger partial charge >= 0.3 is 0 Å². The molecule has 0 aliphatic rings. The first-order chi connectivity index (χ1) is 9.52. The van der Waals surface area contributed by atoms with Crippen molar-refractivity contribution in [2.75, 3.05) is 6.54 Å². The standard InChI is InChI=1S/C13H22N4O3/c14-11(6-4-7-17-13(15)16)12(20)10(9-19)5-2-1-3-8-18/h10-11H,1-7,14H2,(H4,15,16,17)/t10?,11-/m0/s1. The molecule has 0 saturated carbocycles. The predicted molar refractivity (Wildman–Crippen MR) is 75.5 cm³/mol. The third-order valence-corrected chi connectivity index (χ3v) is 2.88. The molecule has 0 rings (SSSR count). The van der Waals surface area contributed by atoms with Crippen LogP contribution >= 0.6 is 0 Å². The smallest absolute Gasteiger partial charge is 0.209 e. The van der Waals surface area contributed by atoms with Gasteiger partial charge in [0, 0.05) is 13.0 Å². The normalized spacial score (nSPS) is 13.2. The minimum absolute atomic E-state index is 0.129. The Bertz CT molecular complexity index is 334. The number of nitrogens with one attached hydrogen (secondary N) is 2. The fraction of sp³-hybridized carbons (Fsp3) is 0.692. The van der Waals surface area contributed by atoms with Crippen LogP contribution in [0.5, 0.6) is 0 Å². The monoisotopic (exact) mass is 282 g/mol. The van der Waals surface area contributed by atoms with Crippen molar-refractivity contribution in [1.82, 2.24) is 5.32 Å². The minimum Gasteiger partial charge on any atom is -0.370 e. The van der Waals surface area contributed by atoms with Crippen LogP contribution < -0.4 is 16.8 Å². The number of ketones is 1. The summed E-state index contributed by atoms with van der Waals surface area (Å²) in [6.07, 6.45) is 6.35. The second-order valence-electron chi connectivity index (χ2n) is 4.55. The van der Waals surface area contributed by atoms with E-state index in [0.717, 1.165) is 0 Å². The second-order valence-corrected chi connectivity index (χ2v) is 4.55. The molecule has 0 aromatic rings. The van der Waals surface area contributed by atoms with Crippen molar-refractivity contribution in [3.8, 4) is 0 Å². The molecule has 2 atom stereocenters. The van der Waals surface area contributed by atoms with Crippen LogP contribution in [-0.2, 0) is 14.4 Å². The maximum Gasteiger partial charge on any atom is 0.209 e. The van der Waals surface area contributed by atoms with Crippen molar-refractivity contribution in [2.45, 2.75) is 44.6 Å². The highest BCUT2D eigenvalue weighted by molar-refractivity contribution is 5.96. The van der Waals surface area contributed by atoms with Crippen LogP contribution in [0.15, 0.2) is 0 Å². The van der Waals surface area contributed by atoms with Crippen molar-refractivity contribution in [3.05, 3.63) is 0 Å². The molecule has 6 N–H and O–H groups in total. The summed E-state index contributed by atoms with van der Waals surface area (Å²) in [5.41, 5.74) is 10.9. The van der Waals surface area contributed by atoms with Gasteiger partial charge in [-0.1, -0.05) is 6.42 Å². The number of hydrogen-bond acceptors (Lipinski definition) is 5. The van der Waals surface area contributed by atoms with E-state index >= 15 is 0 Å². The SMILES string of the molecule is N=C(N)NCCC[C@H](N)C(=O)C([C]=O)CCCC[C]=O. The lowest BCUT2D eigenvalue weighted by Crippen LogP contribution is -2.37. The summed E-state index contributed by atoms with van der Waals surface area (Å²) in [4.78, 5) is 32.7. The first-order valence-electron chi connectivity index (χ1n) is 6.62. The molecule has 0 aromatic heterocycles. The fourth-order valence-corrected chi connectivity index (χ4v) is 1.75. The van der Waals surface area contributed by atoms with Gasteiger partial charge in [0.2, 0.25) is 6.29 Å². The zero-order valence-corrected chi connectivity index (χ0v) is 11.5. The molecule has 0 bridgehead atoms. The molecule has 0 fully saturated rings. The summed E-state index contributed by atoms with van der Waals surface area (Å²) in [6, 6.07) is -0.715. The van der Waals surface area contributed by atoms with Gasteiger partial charge in [-0.05, 0) is 25.7 Å². The van der Waals surface area contributed by atoms with Gasteiger partial charge < -0.3 is 16.8 Å². The highest BCUT2D eigenvalue weighted by Crippen LogP contribution is 2.12. The van der Waals surface area contributed by atoms with Crippen LogP contribution in [0.2, 0.25) is 0 Å². The van der Waals surface area contributed by atoms with Crippen LogP contribution in [0, 0.1) is 11.3 Å². The van der Waals surface area contributed by atoms with Crippen molar-refractivity contribution in [3.63, 3.8) is 0 Å². The largest absolute Gasteiger partial charge is 0.370 e. The van der Waals surface area contributed by atoms with Crippen LogP contribution in [0.25, 0.3) is 0 Å². The number of carbonyl (C=O) groups is 1. The Morgan fingerprint density at radius 3 is 2.45 bits per heavy atom. The lowest BCUT2D eigenvalue weighted by atomic mass is 9.92. The van der Waals surface area contributed by atoms with Gasteiger partial charge in [-0.3, -0.25) is 19.8 Å². The van der Waals surface area contributed by atoms with Crippen molar-refractivity contribution in [2.24, 2.45) is 17.4 Å². The Kier molecular flexibility index (Phi) is 10.1. The summed E-state index contributed by atoms with van der Waals surface area (Å²) >= 11 is 0. The number of unbranched alkanes of at least 4 members (excludes halogenated alkanes) is 2. The average molecular weight is 282 g/mol. The molecule has 112 valence electrons. The van der Waals surface area contributed by atoms with Crippen molar-refractivity contribution < 1.29 is 14.4 Å². The Morgan fingerprint density at radius 1 is 1.20 bits per heavy atom. The first kappa shape index (κ1) is 18.2. The quantitative estimate of drug-likeness (QED) is 0.165. The zero-order chi connectivity index (χ0) is 15.4. The molecular weight excluding hydrogens is 260 g/mol. The Hall–Kier alpha value is -1.76. The molecule has 0 aromatic carbocycles. The maximum atomic E-state index is 11.9. The Balaban J connectivity index is 4.00. The molecule has 0 saturated heterocycles. The molecule has 1 unspecified atom stereocenters. The topological polar surface area (TPSA) is 139 Å². The van der Waals surface area contributed by atoms with Crippen molar-refractivity contribution >= 4 is 24.3 Å². The summed E-state index contributed by atoms with van der Waals surface area (Å²) in [5, 5.41) is 9.57. The molecular formula is C13H22N4O3. The van der Waals surface area contributed by atoms with Crippen LogP contribution in [-0.4, -0.2) is 36.9 Å².